The van der Waals surface area contributed by atoms with Gasteiger partial charge in [0.05, 0.1) is 25.7 Å². The van der Waals surface area contributed by atoms with E-state index in [4.69, 9.17) is 9.47 Å². The Labute approximate surface area is 139 Å². The molecule has 0 bridgehead atoms. The molecule has 0 aliphatic carbocycles. The molecule has 0 radical (unpaired) electrons. The van der Waals surface area contributed by atoms with Crippen molar-refractivity contribution in [1.29, 1.82) is 0 Å². The first-order valence-electron chi connectivity index (χ1n) is 7.73. The Morgan fingerprint density at radius 3 is 2.52 bits per heavy atom. The summed E-state index contributed by atoms with van der Waals surface area (Å²) in [7, 11) is 1.63. The maximum absolute atomic E-state index is 11.5. The first kappa shape index (κ1) is 21.3. The highest BCUT2D eigenvalue weighted by atomic mass is 16.5. The summed E-state index contributed by atoms with van der Waals surface area (Å²) in [5.74, 6) is -1.42. The van der Waals surface area contributed by atoms with E-state index in [1.54, 1.807) is 13.3 Å². The molecular formula is C18H29NO4. The molecular weight excluding hydrogens is 294 g/mol. The average Bonchev–Trinajstić information content (AvgIpc) is 2.50. The summed E-state index contributed by atoms with van der Waals surface area (Å²) in [6.45, 7) is 11.0. The summed E-state index contributed by atoms with van der Waals surface area (Å²) in [4.78, 5) is 15.8. The van der Waals surface area contributed by atoms with Crippen molar-refractivity contribution in [3.05, 3.63) is 35.6 Å². The molecule has 0 unspecified atom stereocenters. The molecule has 0 fully saturated rings. The lowest BCUT2D eigenvalue weighted by atomic mass is 9.94. The molecule has 5 nitrogen and oxygen atoms in total. The lowest BCUT2D eigenvalue weighted by molar-refractivity contribution is -0.140. The van der Waals surface area contributed by atoms with Gasteiger partial charge in [0.2, 0.25) is 0 Å². The topological polar surface area (TPSA) is 68.1 Å². The van der Waals surface area contributed by atoms with Crippen LogP contribution in [0.4, 0.5) is 0 Å². The van der Waals surface area contributed by atoms with Crippen molar-refractivity contribution < 1.29 is 19.4 Å². The van der Waals surface area contributed by atoms with E-state index in [1.807, 2.05) is 32.9 Å². The van der Waals surface area contributed by atoms with Crippen LogP contribution in [-0.2, 0) is 14.3 Å². The fourth-order valence-electron chi connectivity index (χ4n) is 1.85. The Morgan fingerprint density at radius 2 is 2.00 bits per heavy atom. The second-order valence-electron chi connectivity index (χ2n) is 5.32. The maximum Gasteiger partial charge on any atom is 0.311 e. The van der Waals surface area contributed by atoms with Gasteiger partial charge in [-0.15, -0.1) is 0 Å². The number of carboxylic acid groups (broad SMARTS) is 1. The number of rotatable bonds is 12. The average molecular weight is 323 g/mol. The van der Waals surface area contributed by atoms with Crippen LogP contribution < -0.4 is 0 Å². The summed E-state index contributed by atoms with van der Waals surface area (Å²) in [5, 5.41) is 9.45. The van der Waals surface area contributed by atoms with E-state index >= 15 is 0 Å². The quantitative estimate of drug-likeness (QED) is 0.338. The summed E-state index contributed by atoms with van der Waals surface area (Å²) in [6, 6.07) is 0. The first-order chi connectivity index (χ1) is 10.9. The van der Waals surface area contributed by atoms with E-state index in [9.17, 15) is 9.90 Å². The normalized spacial score (nSPS) is 14.3. The van der Waals surface area contributed by atoms with Crippen molar-refractivity contribution in [2.24, 2.45) is 10.9 Å². The van der Waals surface area contributed by atoms with Gasteiger partial charge >= 0.3 is 5.97 Å². The van der Waals surface area contributed by atoms with Crippen molar-refractivity contribution in [1.82, 2.24) is 0 Å². The van der Waals surface area contributed by atoms with Gasteiger partial charge in [0.1, 0.15) is 0 Å². The minimum atomic E-state index is -0.844. The summed E-state index contributed by atoms with van der Waals surface area (Å²) < 4.78 is 10.3. The predicted molar refractivity (Wildman–Crippen MR) is 93.9 cm³/mol. The van der Waals surface area contributed by atoms with Gasteiger partial charge in [-0.1, -0.05) is 24.3 Å². The highest BCUT2D eigenvalue weighted by Gasteiger charge is 2.20. The molecule has 0 saturated heterocycles. The van der Waals surface area contributed by atoms with E-state index in [1.165, 1.54) is 0 Å². The number of ether oxygens (including phenoxy) is 2. The summed E-state index contributed by atoms with van der Waals surface area (Å²) in [6.07, 6.45) is 6.44. The molecule has 0 spiro atoms. The number of hydrogen-bond acceptors (Lipinski definition) is 4. The van der Waals surface area contributed by atoms with Crippen molar-refractivity contribution in [3.8, 4) is 0 Å². The maximum atomic E-state index is 11.5. The highest BCUT2D eigenvalue weighted by molar-refractivity contribution is 5.78. The monoisotopic (exact) mass is 323 g/mol. The number of hydrogen-bond donors (Lipinski definition) is 1. The summed E-state index contributed by atoms with van der Waals surface area (Å²) >= 11 is 0. The largest absolute Gasteiger partial charge is 0.481 e. The van der Waals surface area contributed by atoms with E-state index < -0.39 is 11.9 Å². The lowest BCUT2D eigenvalue weighted by Gasteiger charge is -2.14. The fourth-order valence-corrected chi connectivity index (χ4v) is 1.85. The number of carbonyl (C=O) groups is 1. The van der Waals surface area contributed by atoms with Crippen molar-refractivity contribution in [3.63, 3.8) is 0 Å². The van der Waals surface area contributed by atoms with Crippen LogP contribution in [0.15, 0.2) is 40.6 Å². The molecule has 0 aliphatic heterocycles. The molecule has 1 N–H and O–H groups in total. The Balaban J connectivity index is 4.64. The van der Waals surface area contributed by atoms with Gasteiger partial charge < -0.3 is 14.6 Å². The third kappa shape index (κ3) is 10.6. The van der Waals surface area contributed by atoms with Crippen LogP contribution in [0.25, 0.3) is 0 Å². The third-order valence-electron chi connectivity index (χ3n) is 3.21. The van der Waals surface area contributed by atoms with Gasteiger partial charge in [-0.2, -0.15) is 0 Å². The van der Waals surface area contributed by atoms with Crippen LogP contribution in [-0.4, -0.2) is 44.2 Å². The SMILES string of the molecule is C=C(C)C=N/C(=C\C)C[C@@H](C(=O)O)/C(C)=C\CCOCCOC. The van der Waals surface area contributed by atoms with E-state index in [-0.39, 0.29) is 0 Å². The molecule has 5 heteroatoms. The smallest absolute Gasteiger partial charge is 0.311 e. The molecule has 0 saturated carbocycles. The van der Waals surface area contributed by atoms with Crippen LogP contribution in [0.1, 0.15) is 33.6 Å². The zero-order valence-corrected chi connectivity index (χ0v) is 14.7. The number of aliphatic carboxylic acids is 1. The Kier molecular flexibility index (Phi) is 11.8. The first-order valence-corrected chi connectivity index (χ1v) is 7.73. The molecule has 0 amide bonds. The summed E-state index contributed by atoms with van der Waals surface area (Å²) in [5.41, 5.74) is 2.39. The Hall–Kier alpha value is -1.72. The van der Waals surface area contributed by atoms with Crippen LogP contribution in [0, 0.1) is 5.92 Å². The molecule has 0 heterocycles. The number of nitrogens with zero attached hydrogens (tertiary/aromatic N) is 1. The van der Waals surface area contributed by atoms with Gasteiger partial charge in [0, 0.05) is 25.4 Å². The van der Waals surface area contributed by atoms with Gasteiger partial charge in [-0.05, 0) is 32.8 Å². The fraction of sp³-hybridized carbons (Fsp3) is 0.556. The minimum absolute atomic E-state index is 0.364. The van der Waals surface area contributed by atoms with Gasteiger partial charge in [0.15, 0.2) is 0 Å². The van der Waals surface area contributed by atoms with E-state index in [0.717, 1.165) is 16.8 Å². The Bertz CT molecular complexity index is 464. The standard InChI is InChI=1S/C18H29NO4/c1-6-16(19-13-14(2)3)12-17(18(20)21)15(4)8-7-9-23-11-10-22-5/h6,8,13,17H,2,7,9-12H2,1,3-5H3,(H,20,21)/b15-8-,16-6-,19-13?/t17-/m1/s1. The van der Waals surface area contributed by atoms with Gasteiger partial charge in [-0.3, -0.25) is 9.79 Å². The highest BCUT2D eigenvalue weighted by Crippen LogP contribution is 2.21. The van der Waals surface area contributed by atoms with Gasteiger partial charge in [0.25, 0.3) is 0 Å². The number of carboxylic acids is 1. The third-order valence-corrected chi connectivity index (χ3v) is 3.21. The van der Waals surface area contributed by atoms with E-state index in [2.05, 4.69) is 11.6 Å². The minimum Gasteiger partial charge on any atom is -0.481 e. The predicted octanol–water partition coefficient (Wildman–Crippen LogP) is 3.63. The second kappa shape index (κ2) is 12.8. The molecule has 23 heavy (non-hydrogen) atoms. The lowest BCUT2D eigenvalue weighted by Crippen LogP contribution is -2.16. The molecule has 0 rings (SSSR count). The Morgan fingerprint density at radius 1 is 1.30 bits per heavy atom. The molecule has 0 aromatic carbocycles. The van der Waals surface area contributed by atoms with Crippen LogP contribution in [0.2, 0.25) is 0 Å². The number of methoxy groups -OCH3 is 1. The van der Waals surface area contributed by atoms with Crippen LogP contribution in [0.3, 0.4) is 0 Å². The van der Waals surface area contributed by atoms with E-state index in [0.29, 0.717) is 32.7 Å². The zero-order chi connectivity index (χ0) is 17.7. The molecule has 130 valence electrons. The van der Waals surface area contributed by atoms with Crippen LogP contribution in [0.5, 0.6) is 0 Å². The van der Waals surface area contributed by atoms with Crippen molar-refractivity contribution in [2.45, 2.75) is 33.6 Å². The molecule has 1 atom stereocenters. The van der Waals surface area contributed by atoms with Crippen molar-refractivity contribution >= 4 is 12.2 Å². The molecule has 0 aromatic rings. The van der Waals surface area contributed by atoms with Crippen molar-refractivity contribution in [2.75, 3.05) is 26.9 Å². The molecule has 0 aromatic heterocycles. The van der Waals surface area contributed by atoms with Gasteiger partial charge in [-0.25, -0.2) is 0 Å². The van der Waals surface area contributed by atoms with Crippen LogP contribution >= 0.6 is 0 Å². The zero-order valence-electron chi connectivity index (χ0n) is 14.7. The molecule has 0 aliphatic rings. The second-order valence-corrected chi connectivity index (χ2v) is 5.32. The number of aliphatic imine (C=N–C) groups is 1. The number of allylic oxidation sites excluding steroid dienone is 3.